The van der Waals surface area contributed by atoms with Gasteiger partial charge < -0.3 is 5.41 Å². The first-order chi connectivity index (χ1) is 3.35. The molecule has 0 bridgehead atoms. The number of nitrogens with one attached hydrogen (secondary N) is 1. The Bertz CT molecular complexity index is 131. The molecule has 0 aromatic carbocycles. The summed E-state index contributed by atoms with van der Waals surface area (Å²) in [5.41, 5.74) is 0.389. The van der Waals surface area contributed by atoms with Gasteiger partial charge in [0.25, 0.3) is 0 Å². The van der Waals surface area contributed by atoms with Gasteiger partial charge in [-0.15, -0.1) is 0 Å². The predicted octanol–water partition coefficient (Wildman–Crippen LogP) is 1.48. The summed E-state index contributed by atoms with van der Waals surface area (Å²) < 4.78 is 1.56. The Balaban J connectivity index is 3.94. The summed E-state index contributed by atoms with van der Waals surface area (Å²) in [5, 5.41) is 14.6. The number of hydrogen-bond donors (Lipinski definition) is 1. The van der Waals surface area contributed by atoms with Crippen LogP contribution in [0, 0.1) is 16.7 Å². The topological polar surface area (TPSA) is 47.6 Å². The third kappa shape index (κ3) is 2.34. The van der Waals surface area contributed by atoms with E-state index in [9.17, 15) is 0 Å². The van der Waals surface area contributed by atoms with Gasteiger partial charge in [-0.2, -0.15) is 5.26 Å². The van der Waals surface area contributed by atoms with Gasteiger partial charge in [-0.05, 0) is 4.08 Å². The molecule has 0 saturated carbocycles. The molecule has 3 heteroatoms. The smallest absolute Gasteiger partial charge is 0.101 e. The van der Waals surface area contributed by atoms with E-state index in [4.69, 9.17) is 10.7 Å². The summed E-state index contributed by atoms with van der Waals surface area (Å²) in [7, 11) is 0. The van der Waals surface area contributed by atoms with Crippen molar-refractivity contribution in [2.75, 3.05) is 0 Å². The minimum Gasteiger partial charge on any atom is -0.307 e. The van der Waals surface area contributed by atoms with Crippen molar-refractivity contribution in [1.29, 1.82) is 10.7 Å². The van der Waals surface area contributed by atoms with E-state index in [0.717, 1.165) is 6.21 Å². The summed E-state index contributed by atoms with van der Waals surface area (Å²) in [6.07, 6.45) is 1.02. The molecular formula is C4H3IN2. The molecule has 7 heavy (non-hydrogen) atoms. The van der Waals surface area contributed by atoms with Gasteiger partial charge in [-0.1, -0.05) is 22.6 Å². The first-order valence-electron chi connectivity index (χ1n) is 1.56. The fraction of sp³-hybridized carbons (Fsp3) is 0. The molecule has 36 valence electrons. The fourth-order valence-corrected chi connectivity index (χ4v) is 0.407. The average molecular weight is 206 g/mol. The molecule has 0 atom stereocenters. The van der Waals surface area contributed by atoms with Crippen LogP contribution in [0.1, 0.15) is 0 Å². The Morgan fingerprint density at radius 1 is 1.86 bits per heavy atom. The Kier molecular flexibility index (Phi) is 3.61. The Hall–Kier alpha value is -0.370. The molecule has 0 fully saturated rings. The number of nitriles is 1. The highest BCUT2D eigenvalue weighted by atomic mass is 127. The molecule has 0 aliphatic carbocycles. The van der Waals surface area contributed by atoms with E-state index < -0.39 is 0 Å². The first kappa shape index (κ1) is 6.63. The van der Waals surface area contributed by atoms with Crippen molar-refractivity contribution in [1.82, 2.24) is 0 Å². The largest absolute Gasteiger partial charge is 0.307 e. The van der Waals surface area contributed by atoms with Gasteiger partial charge in [0.15, 0.2) is 0 Å². The Labute approximate surface area is 55.5 Å². The van der Waals surface area contributed by atoms with E-state index in [2.05, 4.69) is 0 Å². The van der Waals surface area contributed by atoms with Gasteiger partial charge in [0.1, 0.15) is 6.07 Å². The molecular weight excluding hydrogens is 203 g/mol. The van der Waals surface area contributed by atoms with E-state index in [0.29, 0.717) is 5.57 Å². The van der Waals surface area contributed by atoms with Gasteiger partial charge in [-0.3, -0.25) is 0 Å². The number of nitrogens with zero attached hydrogens (tertiary/aromatic N) is 1. The van der Waals surface area contributed by atoms with Crippen LogP contribution in [-0.4, -0.2) is 6.21 Å². The van der Waals surface area contributed by atoms with Gasteiger partial charge >= 0.3 is 0 Å². The minimum atomic E-state index is 0.389. The van der Waals surface area contributed by atoms with Crippen LogP contribution in [0.3, 0.4) is 0 Å². The van der Waals surface area contributed by atoms with E-state index in [-0.39, 0.29) is 0 Å². The molecule has 0 amide bonds. The number of halogens is 1. The van der Waals surface area contributed by atoms with Crippen molar-refractivity contribution in [3.8, 4) is 6.07 Å². The lowest BCUT2D eigenvalue weighted by molar-refractivity contribution is 1.50. The third-order valence-corrected chi connectivity index (χ3v) is 1.07. The quantitative estimate of drug-likeness (QED) is 0.394. The molecule has 0 aliphatic heterocycles. The average Bonchev–Trinajstić information content (AvgIpc) is 1.72. The summed E-state index contributed by atoms with van der Waals surface area (Å²) in [5.74, 6) is 0. The molecule has 0 aliphatic rings. The van der Waals surface area contributed by atoms with Crippen LogP contribution in [0.2, 0.25) is 0 Å². The zero-order valence-corrected chi connectivity index (χ0v) is 5.64. The molecule has 0 rings (SSSR count). The summed E-state index contributed by atoms with van der Waals surface area (Å²) >= 11 is 1.91. The second-order valence-electron chi connectivity index (χ2n) is 0.821. The van der Waals surface area contributed by atoms with E-state index in [1.54, 1.807) is 4.08 Å². The van der Waals surface area contributed by atoms with E-state index in [1.165, 1.54) is 0 Å². The molecule has 2 nitrogen and oxygen atoms in total. The number of allylic oxidation sites excluding steroid dienone is 1. The normalized spacial score (nSPS) is 10.0. The Morgan fingerprint density at radius 3 is 2.43 bits per heavy atom. The van der Waals surface area contributed by atoms with Gasteiger partial charge in [0, 0.05) is 6.21 Å². The maximum Gasteiger partial charge on any atom is 0.101 e. The van der Waals surface area contributed by atoms with Crippen LogP contribution in [0.15, 0.2) is 9.66 Å². The van der Waals surface area contributed by atoms with Crippen LogP contribution in [0.4, 0.5) is 0 Å². The molecule has 0 heterocycles. The number of rotatable bonds is 1. The van der Waals surface area contributed by atoms with Crippen LogP contribution in [-0.2, 0) is 0 Å². The first-order valence-corrected chi connectivity index (χ1v) is 2.80. The van der Waals surface area contributed by atoms with Crippen LogP contribution >= 0.6 is 22.6 Å². The highest BCUT2D eigenvalue weighted by Gasteiger charge is 1.79. The van der Waals surface area contributed by atoms with Crippen LogP contribution in [0.5, 0.6) is 0 Å². The minimum absolute atomic E-state index is 0.389. The highest BCUT2D eigenvalue weighted by Crippen LogP contribution is 1.91. The molecule has 0 saturated heterocycles. The van der Waals surface area contributed by atoms with Crippen molar-refractivity contribution in [2.45, 2.75) is 0 Å². The molecule has 0 spiro atoms. The molecule has 0 aromatic rings. The zero-order valence-electron chi connectivity index (χ0n) is 3.48. The van der Waals surface area contributed by atoms with Crippen molar-refractivity contribution < 1.29 is 0 Å². The van der Waals surface area contributed by atoms with Crippen LogP contribution < -0.4 is 0 Å². The Morgan fingerprint density at radius 2 is 2.43 bits per heavy atom. The van der Waals surface area contributed by atoms with Gasteiger partial charge in [-0.25, -0.2) is 0 Å². The predicted molar refractivity (Wildman–Crippen MR) is 36.5 cm³/mol. The zero-order chi connectivity index (χ0) is 5.70. The third-order valence-electron chi connectivity index (χ3n) is 0.402. The SMILES string of the molecule is N#CC(C=N)=CI. The van der Waals surface area contributed by atoms with E-state index >= 15 is 0 Å². The summed E-state index contributed by atoms with van der Waals surface area (Å²) in [6.45, 7) is 0. The lowest BCUT2D eigenvalue weighted by Crippen LogP contribution is -1.71. The lowest BCUT2D eigenvalue weighted by Gasteiger charge is -1.71. The van der Waals surface area contributed by atoms with Crippen molar-refractivity contribution in [3.05, 3.63) is 9.66 Å². The molecule has 0 radical (unpaired) electrons. The molecule has 1 N–H and O–H groups in total. The second kappa shape index (κ2) is 3.81. The second-order valence-corrected chi connectivity index (χ2v) is 1.44. The number of hydrogen-bond acceptors (Lipinski definition) is 2. The fourth-order valence-electron chi connectivity index (χ4n) is 0.0882. The van der Waals surface area contributed by atoms with Crippen LogP contribution in [0.25, 0.3) is 0 Å². The maximum atomic E-state index is 8.05. The maximum absolute atomic E-state index is 8.05. The standard InChI is InChI=1S/C4H3IN2/c5-1-4(2-6)3-7/h1-2,6H. The van der Waals surface area contributed by atoms with Crippen molar-refractivity contribution in [3.63, 3.8) is 0 Å². The van der Waals surface area contributed by atoms with E-state index in [1.807, 2.05) is 28.7 Å². The summed E-state index contributed by atoms with van der Waals surface area (Å²) in [6, 6.07) is 1.81. The molecule has 0 unspecified atom stereocenters. The highest BCUT2D eigenvalue weighted by molar-refractivity contribution is 14.1. The summed E-state index contributed by atoms with van der Waals surface area (Å²) in [4.78, 5) is 0. The van der Waals surface area contributed by atoms with Crippen molar-refractivity contribution in [2.24, 2.45) is 0 Å². The van der Waals surface area contributed by atoms with Gasteiger partial charge in [0.2, 0.25) is 0 Å². The molecule has 0 aromatic heterocycles. The van der Waals surface area contributed by atoms with Crippen molar-refractivity contribution >= 4 is 28.8 Å². The monoisotopic (exact) mass is 206 g/mol. The van der Waals surface area contributed by atoms with Gasteiger partial charge in [0.05, 0.1) is 5.57 Å². The lowest BCUT2D eigenvalue weighted by atomic mass is 10.4.